The fourth-order valence-electron chi connectivity index (χ4n) is 3.14. The van der Waals surface area contributed by atoms with Crippen LogP contribution in [-0.2, 0) is 23.6 Å². The van der Waals surface area contributed by atoms with Gasteiger partial charge in [0.1, 0.15) is 5.82 Å². The van der Waals surface area contributed by atoms with Crippen molar-refractivity contribution in [1.82, 2.24) is 19.2 Å². The number of benzene rings is 1. The Kier molecular flexibility index (Phi) is 5.03. The Labute approximate surface area is 143 Å². The number of rotatable bonds is 6. The second-order valence-electron chi connectivity index (χ2n) is 6.46. The second-order valence-corrected chi connectivity index (χ2v) is 8.20. The average molecular weight is 348 g/mol. The molecular weight excluding hydrogens is 324 g/mol. The van der Waals surface area contributed by atoms with Crippen LogP contribution >= 0.6 is 0 Å². The number of hydrogen-bond donors (Lipinski definition) is 1. The van der Waals surface area contributed by atoms with E-state index in [1.807, 2.05) is 36.9 Å². The lowest BCUT2D eigenvalue weighted by Crippen LogP contribution is -2.31. The number of sulfonamides is 1. The first kappa shape index (κ1) is 17.1. The van der Waals surface area contributed by atoms with Gasteiger partial charge >= 0.3 is 0 Å². The molecule has 3 rings (SSSR count). The molecule has 0 spiro atoms. The number of aryl methyl sites for hydroxylation is 2. The summed E-state index contributed by atoms with van der Waals surface area (Å²) in [7, 11) is -1.45. The molecule has 1 aliphatic rings. The van der Waals surface area contributed by atoms with Crippen molar-refractivity contribution >= 4 is 10.0 Å². The molecule has 2 aromatic rings. The van der Waals surface area contributed by atoms with E-state index in [0.29, 0.717) is 17.4 Å². The number of nitrogens with one attached hydrogen (secondary N) is 1. The molecule has 1 aromatic carbocycles. The molecule has 1 fully saturated rings. The Hall–Kier alpha value is -1.70. The van der Waals surface area contributed by atoms with Crippen molar-refractivity contribution in [3.63, 3.8) is 0 Å². The maximum Gasteiger partial charge on any atom is 0.240 e. The highest BCUT2D eigenvalue weighted by Gasteiger charge is 2.25. The predicted octanol–water partition coefficient (Wildman–Crippen LogP) is 1.53. The number of likely N-dealkylation sites (tertiary alicyclic amines) is 1. The van der Waals surface area contributed by atoms with Gasteiger partial charge in [-0.3, -0.25) is 4.90 Å². The van der Waals surface area contributed by atoms with Crippen molar-refractivity contribution < 1.29 is 8.42 Å². The highest BCUT2D eigenvalue weighted by molar-refractivity contribution is 7.89. The summed E-state index contributed by atoms with van der Waals surface area (Å²) < 4.78 is 29.7. The van der Waals surface area contributed by atoms with E-state index >= 15 is 0 Å². The van der Waals surface area contributed by atoms with E-state index in [9.17, 15) is 8.42 Å². The second kappa shape index (κ2) is 7.04. The number of imidazole rings is 1. The third-order valence-electron chi connectivity index (χ3n) is 4.60. The first-order valence-corrected chi connectivity index (χ1v) is 9.68. The largest absolute Gasteiger partial charge is 0.337 e. The molecule has 0 amide bonds. The minimum atomic E-state index is -3.44. The van der Waals surface area contributed by atoms with Gasteiger partial charge in [0.25, 0.3) is 0 Å². The fourth-order valence-corrected chi connectivity index (χ4v) is 4.50. The van der Waals surface area contributed by atoms with E-state index in [2.05, 4.69) is 14.6 Å². The Balaban J connectivity index is 1.54. The van der Waals surface area contributed by atoms with Crippen LogP contribution in [0.2, 0.25) is 0 Å². The molecule has 0 saturated carbocycles. The van der Waals surface area contributed by atoms with Crippen LogP contribution in [0.25, 0.3) is 0 Å². The van der Waals surface area contributed by atoms with Crippen LogP contribution < -0.4 is 4.72 Å². The van der Waals surface area contributed by atoms with E-state index in [1.54, 1.807) is 18.3 Å². The summed E-state index contributed by atoms with van der Waals surface area (Å²) >= 11 is 0. The van der Waals surface area contributed by atoms with Gasteiger partial charge in [-0.2, -0.15) is 0 Å². The highest BCUT2D eigenvalue weighted by Crippen LogP contribution is 2.19. The normalized spacial score (nSPS) is 19.0. The summed E-state index contributed by atoms with van der Waals surface area (Å²) in [6.45, 7) is 4.98. The van der Waals surface area contributed by atoms with Gasteiger partial charge in [-0.1, -0.05) is 18.2 Å². The molecule has 1 unspecified atom stereocenters. The minimum absolute atomic E-state index is 0.337. The van der Waals surface area contributed by atoms with Gasteiger partial charge in [-0.15, -0.1) is 0 Å². The summed E-state index contributed by atoms with van der Waals surface area (Å²) in [4.78, 5) is 7.05. The van der Waals surface area contributed by atoms with Crippen LogP contribution in [0.4, 0.5) is 0 Å². The molecule has 0 aliphatic carbocycles. The molecule has 0 bridgehead atoms. The zero-order valence-corrected chi connectivity index (χ0v) is 15.0. The molecule has 2 heterocycles. The van der Waals surface area contributed by atoms with E-state index in [4.69, 9.17) is 0 Å². The summed E-state index contributed by atoms with van der Waals surface area (Å²) in [5, 5.41) is 0. The Morgan fingerprint density at radius 3 is 2.83 bits per heavy atom. The van der Waals surface area contributed by atoms with Crippen LogP contribution in [-0.4, -0.2) is 42.5 Å². The summed E-state index contributed by atoms with van der Waals surface area (Å²) in [6.07, 6.45) is 4.75. The van der Waals surface area contributed by atoms with E-state index < -0.39 is 10.0 Å². The van der Waals surface area contributed by atoms with Crippen molar-refractivity contribution in [2.24, 2.45) is 13.0 Å². The third kappa shape index (κ3) is 3.85. The summed E-state index contributed by atoms with van der Waals surface area (Å²) in [5.41, 5.74) is 0.771. The number of aromatic nitrogens is 2. The Morgan fingerprint density at radius 1 is 1.33 bits per heavy atom. The molecule has 1 saturated heterocycles. The Morgan fingerprint density at radius 2 is 2.12 bits per heavy atom. The number of hydrogen-bond acceptors (Lipinski definition) is 4. The quantitative estimate of drug-likeness (QED) is 0.860. The van der Waals surface area contributed by atoms with E-state index in [1.165, 1.54) is 0 Å². The SMILES string of the molecule is Cc1ccccc1S(=O)(=O)NCC1CCN(Cc2nccn2C)C1. The zero-order chi connectivity index (χ0) is 17.2. The van der Waals surface area contributed by atoms with Crippen LogP contribution in [0.15, 0.2) is 41.6 Å². The molecule has 24 heavy (non-hydrogen) atoms. The maximum atomic E-state index is 12.5. The lowest BCUT2D eigenvalue weighted by atomic mass is 10.1. The van der Waals surface area contributed by atoms with Crippen molar-refractivity contribution in [1.29, 1.82) is 0 Å². The van der Waals surface area contributed by atoms with Gasteiger partial charge in [0.15, 0.2) is 0 Å². The van der Waals surface area contributed by atoms with Crippen molar-refractivity contribution in [3.8, 4) is 0 Å². The standard InChI is InChI=1S/C17H24N4O2S/c1-14-5-3-4-6-16(14)24(22,23)19-11-15-7-9-21(12-15)13-17-18-8-10-20(17)2/h3-6,8,10,15,19H,7,9,11-13H2,1-2H3. The molecule has 130 valence electrons. The van der Waals surface area contributed by atoms with Gasteiger partial charge in [-0.25, -0.2) is 18.1 Å². The van der Waals surface area contributed by atoms with Crippen molar-refractivity contribution in [3.05, 3.63) is 48.0 Å². The van der Waals surface area contributed by atoms with E-state index in [-0.39, 0.29) is 0 Å². The molecule has 1 atom stereocenters. The fraction of sp³-hybridized carbons (Fsp3) is 0.471. The van der Waals surface area contributed by atoms with Gasteiger partial charge in [0, 0.05) is 32.5 Å². The number of nitrogens with zero attached hydrogens (tertiary/aromatic N) is 3. The zero-order valence-electron chi connectivity index (χ0n) is 14.1. The molecule has 0 radical (unpaired) electrons. The van der Waals surface area contributed by atoms with Crippen LogP contribution in [0.5, 0.6) is 0 Å². The van der Waals surface area contributed by atoms with Crippen LogP contribution in [0.3, 0.4) is 0 Å². The lowest BCUT2D eigenvalue weighted by molar-refractivity contribution is 0.305. The third-order valence-corrected chi connectivity index (χ3v) is 6.18. The molecule has 7 heteroatoms. The molecule has 1 aliphatic heterocycles. The van der Waals surface area contributed by atoms with Gasteiger partial charge in [0.05, 0.1) is 11.4 Å². The van der Waals surface area contributed by atoms with Gasteiger partial charge < -0.3 is 4.57 Å². The van der Waals surface area contributed by atoms with Crippen molar-refractivity contribution in [2.75, 3.05) is 19.6 Å². The van der Waals surface area contributed by atoms with Gasteiger partial charge in [0.2, 0.25) is 10.0 Å². The van der Waals surface area contributed by atoms with Crippen LogP contribution in [0.1, 0.15) is 17.8 Å². The van der Waals surface area contributed by atoms with Crippen LogP contribution in [0, 0.1) is 12.8 Å². The summed E-state index contributed by atoms with van der Waals surface area (Å²) in [5.74, 6) is 1.38. The lowest BCUT2D eigenvalue weighted by Gasteiger charge is -2.16. The minimum Gasteiger partial charge on any atom is -0.337 e. The van der Waals surface area contributed by atoms with E-state index in [0.717, 1.165) is 37.4 Å². The monoisotopic (exact) mass is 348 g/mol. The molecule has 1 N–H and O–H groups in total. The smallest absolute Gasteiger partial charge is 0.240 e. The molecule has 1 aromatic heterocycles. The topological polar surface area (TPSA) is 67.2 Å². The average Bonchev–Trinajstić information content (AvgIpc) is 3.16. The first-order chi connectivity index (χ1) is 11.5. The maximum absolute atomic E-state index is 12.5. The molecule has 6 nitrogen and oxygen atoms in total. The highest BCUT2D eigenvalue weighted by atomic mass is 32.2. The summed E-state index contributed by atoms with van der Waals surface area (Å²) in [6, 6.07) is 7.07. The van der Waals surface area contributed by atoms with Gasteiger partial charge in [-0.05, 0) is 37.4 Å². The van der Waals surface area contributed by atoms with Crippen molar-refractivity contribution in [2.45, 2.75) is 24.8 Å². The first-order valence-electron chi connectivity index (χ1n) is 8.19. The molecular formula is C17H24N4O2S. The Bertz CT molecular complexity index is 800. The predicted molar refractivity (Wildman–Crippen MR) is 93.0 cm³/mol.